The van der Waals surface area contributed by atoms with E-state index in [2.05, 4.69) is 48.8 Å². The van der Waals surface area contributed by atoms with Crippen molar-refractivity contribution >= 4 is 0 Å². The molecular formula is C17H25N7O. The summed E-state index contributed by atoms with van der Waals surface area (Å²) >= 11 is 0. The van der Waals surface area contributed by atoms with E-state index in [1.54, 1.807) is 0 Å². The number of likely N-dealkylation sites (N-methyl/N-ethyl adjacent to an activating group) is 1. The van der Waals surface area contributed by atoms with Crippen molar-refractivity contribution in [3.63, 3.8) is 0 Å². The van der Waals surface area contributed by atoms with Gasteiger partial charge < -0.3 is 9.09 Å². The minimum absolute atomic E-state index is 0.157. The highest BCUT2D eigenvalue weighted by molar-refractivity contribution is 5.09. The lowest BCUT2D eigenvalue weighted by atomic mass is 10.1. The first-order valence-corrected chi connectivity index (χ1v) is 9.33. The molecule has 8 heteroatoms. The Kier molecular flexibility index (Phi) is 3.63. The molecule has 3 heterocycles. The molecule has 1 aliphatic heterocycles. The Balaban J connectivity index is 1.29. The van der Waals surface area contributed by atoms with E-state index in [-0.39, 0.29) is 6.04 Å². The van der Waals surface area contributed by atoms with E-state index >= 15 is 0 Å². The van der Waals surface area contributed by atoms with Crippen LogP contribution in [0.5, 0.6) is 0 Å². The molecule has 8 nitrogen and oxygen atoms in total. The molecule has 1 saturated heterocycles. The van der Waals surface area contributed by atoms with Crippen LogP contribution in [0.15, 0.2) is 4.52 Å². The predicted octanol–water partition coefficient (Wildman–Crippen LogP) is 1.44. The number of hydrogen-bond acceptors (Lipinski definition) is 7. The maximum Gasteiger partial charge on any atom is 0.245 e. The van der Waals surface area contributed by atoms with E-state index in [0.717, 1.165) is 49.5 Å². The fourth-order valence-corrected chi connectivity index (χ4v) is 3.64. The Morgan fingerprint density at radius 1 is 1.04 bits per heavy atom. The molecule has 134 valence electrons. The van der Waals surface area contributed by atoms with Crippen molar-refractivity contribution in [1.29, 1.82) is 0 Å². The maximum atomic E-state index is 5.58. The van der Waals surface area contributed by atoms with Gasteiger partial charge in [-0.1, -0.05) is 5.16 Å². The summed E-state index contributed by atoms with van der Waals surface area (Å²) in [4.78, 5) is 9.40. The average molecular weight is 343 g/mol. The van der Waals surface area contributed by atoms with Crippen molar-refractivity contribution in [2.75, 3.05) is 26.7 Å². The molecule has 25 heavy (non-hydrogen) atoms. The van der Waals surface area contributed by atoms with Crippen LogP contribution in [0.4, 0.5) is 0 Å². The zero-order valence-corrected chi connectivity index (χ0v) is 14.9. The van der Waals surface area contributed by atoms with Gasteiger partial charge in [-0.25, -0.2) is 0 Å². The molecule has 1 atom stereocenters. The van der Waals surface area contributed by atoms with Gasteiger partial charge >= 0.3 is 0 Å². The maximum absolute atomic E-state index is 5.58. The highest BCUT2D eigenvalue weighted by atomic mass is 16.5. The van der Waals surface area contributed by atoms with Crippen LogP contribution in [0.1, 0.15) is 66.9 Å². The second-order valence-electron chi connectivity index (χ2n) is 7.80. The number of rotatable bonds is 5. The third-order valence-electron chi connectivity index (χ3n) is 5.72. The van der Waals surface area contributed by atoms with Crippen molar-refractivity contribution in [3.05, 3.63) is 23.4 Å². The molecule has 0 aromatic carbocycles. The Labute approximate surface area is 147 Å². The third-order valence-corrected chi connectivity index (χ3v) is 5.72. The van der Waals surface area contributed by atoms with Gasteiger partial charge in [0.25, 0.3) is 0 Å². The zero-order valence-electron chi connectivity index (χ0n) is 14.9. The van der Waals surface area contributed by atoms with Crippen LogP contribution < -0.4 is 0 Å². The molecule has 5 rings (SSSR count). The van der Waals surface area contributed by atoms with E-state index in [1.165, 1.54) is 25.7 Å². The van der Waals surface area contributed by atoms with Gasteiger partial charge in [0.15, 0.2) is 5.82 Å². The summed E-state index contributed by atoms with van der Waals surface area (Å²) in [6.45, 7) is 3.71. The standard InChI is InChI=1S/C17H25N7O/c1-22-7-8-24(10-14-19-20-16(23(14)2)12-5-6-12)9-13(22)17-18-15(21-25-17)11-3-4-11/h11-13H,3-10H2,1-2H3/t13-/m0/s1. The Hall–Kier alpha value is -1.80. The summed E-state index contributed by atoms with van der Waals surface area (Å²) in [5.41, 5.74) is 0. The molecule has 0 amide bonds. The van der Waals surface area contributed by atoms with Crippen LogP contribution in [-0.4, -0.2) is 61.4 Å². The highest BCUT2D eigenvalue weighted by Crippen LogP contribution is 2.39. The van der Waals surface area contributed by atoms with Gasteiger partial charge in [0.1, 0.15) is 17.7 Å². The molecule has 2 saturated carbocycles. The minimum Gasteiger partial charge on any atom is -0.338 e. The monoisotopic (exact) mass is 343 g/mol. The van der Waals surface area contributed by atoms with Crippen LogP contribution in [0, 0.1) is 0 Å². The lowest BCUT2D eigenvalue weighted by molar-refractivity contribution is 0.0693. The first kappa shape index (κ1) is 15.5. The van der Waals surface area contributed by atoms with Crippen LogP contribution in [0.2, 0.25) is 0 Å². The Morgan fingerprint density at radius 3 is 2.60 bits per heavy atom. The minimum atomic E-state index is 0.157. The molecule has 2 aromatic rings. The SMILES string of the molecule is CN1CCN(Cc2nnc(C3CC3)n2C)C[C@H]1c1nc(C2CC2)no1. The molecule has 0 unspecified atom stereocenters. The van der Waals surface area contributed by atoms with Crippen molar-refractivity contribution in [2.45, 2.75) is 50.1 Å². The lowest BCUT2D eigenvalue weighted by Crippen LogP contribution is -2.46. The summed E-state index contributed by atoms with van der Waals surface area (Å²) in [7, 11) is 4.23. The van der Waals surface area contributed by atoms with Crippen LogP contribution in [0.25, 0.3) is 0 Å². The topological polar surface area (TPSA) is 76.1 Å². The Bertz CT molecular complexity index is 761. The predicted molar refractivity (Wildman–Crippen MR) is 89.9 cm³/mol. The summed E-state index contributed by atoms with van der Waals surface area (Å²) < 4.78 is 7.76. The molecule has 0 spiro atoms. The fraction of sp³-hybridized carbons (Fsp3) is 0.765. The van der Waals surface area contributed by atoms with E-state index < -0.39 is 0 Å². The first-order chi connectivity index (χ1) is 12.2. The normalized spacial score (nSPS) is 25.6. The van der Waals surface area contributed by atoms with Gasteiger partial charge in [0.2, 0.25) is 5.89 Å². The van der Waals surface area contributed by atoms with Crippen LogP contribution in [-0.2, 0) is 13.6 Å². The van der Waals surface area contributed by atoms with E-state index in [9.17, 15) is 0 Å². The molecule has 3 fully saturated rings. The lowest BCUT2D eigenvalue weighted by Gasteiger charge is -2.37. The third kappa shape index (κ3) is 2.97. The molecule has 0 N–H and O–H groups in total. The van der Waals surface area contributed by atoms with Crippen molar-refractivity contribution in [3.8, 4) is 0 Å². The number of nitrogens with zero attached hydrogens (tertiary/aromatic N) is 7. The smallest absolute Gasteiger partial charge is 0.245 e. The number of aromatic nitrogens is 5. The summed E-state index contributed by atoms with van der Waals surface area (Å²) in [5.74, 6) is 5.00. The van der Waals surface area contributed by atoms with Crippen LogP contribution in [0.3, 0.4) is 0 Å². The summed E-state index contributed by atoms with van der Waals surface area (Å²) in [6.07, 6.45) is 4.90. The Morgan fingerprint density at radius 2 is 1.84 bits per heavy atom. The number of piperazine rings is 1. The second-order valence-corrected chi connectivity index (χ2v) is 7.80. The van der Waals surface area contributed by atoms with Gasteiger partial charge in [-0.05, 0) is 32.7 Å². The van der Waals surface area contributed by atoms with E-state index in [1.807, 2.05) is 0 Å². The van der Waals surface area contributed by atoms with Gasteiger partial charge in [0.05, 0.1) is 6.54 Å². The van der Waals surface area contributed by atoms with Gasteiger partial charge in [-0.15, -0.1) is 10.2 Å². The first-order valence-electron chi connectivity index (χ1n) is 9.33. The quantitative estimate of drug-likeness (QED) is 0.813. The van der Waals surface area contributed by atoms with Crippen molar-refractivity contribution in [1.82, 2.24) is 34.7 Å². The zero-order chi connectivity index (χ0) is 17.0. The van der Waals surface area contributed by atoms with Gasteiger partial charge in [-0.3, -0.25) is 9.80 Å². The average Bonchev–Trinajstić information content (AvgIpc) is 3.54. The highest BCUT2D eigenvalue weighted by Gasteiger charge is 2.34. The summed E-state index contributed by atoms with van der Waals surface area (Å²) in [6, 6.07) is 0.157. The van der Waals surface area contributed by atoms with E-state index in [0.29, 0.717) is 11.8 Å². The molecule has 2 aliphatic carbocycles. The molecule has 2 aromatic heterocycles. The van der Waals surface area contributed by atoms with Crippen molar-refractivity contribution < 1.29 is 4.52 Å². The largest absolute Gasteiger partial charge is 0.338 e. The van der Waals surface area contributed by atoms with Crippen molar-refractivity contribution in [2.24, 2.45) is 7.05 Å². The van der Waals surface area contributed by atoms with Gasteiger partial charge in [0, 0.05) is 38.5 Å². The molecular weight excluding hydrogens is 318 g/mol. The fourth-order valence-electron chi connectivity index (χ4n) is 3.64. The molecule has 3 aliphatic rings. The second kappa shape index (κ2) is 5.88. The molecule has 0 bridgehead atoms. The summed E-state index contributed by atoms with van der Waals surface area (Å²) in [5, 5.41) is 13.0. The number of hydrogen-bond donors (Lipinski definition) is 0. The van der Waals surface area contributed by atoms with Gasteiger partial charge in [-0.2, -0.15) is 4.98 Å². The van der Waals surface area contributed by atoms with Crippen LogP contribution >= 0.6 is 0 Å². The van der Waals surface area contributed by atoms with E-state index in [4.69, 9.17) is 4.52 Å². The molecule has 0 radical (unpaired) electrons.